The van der Waals surface area contributed by atoms with Crippen LogP contribution < -0.4 is 5.32 Å². The van der Waals surface area contributed by atoms with E-state index in [2.05, 4.69) is 72.9 Å². The van der Waals surface area contributed by atoms with E-state index >= 15 is 0 Å². The first-order valence-corrected chi connectivity index (χ1v) is 9.78. The summed E-state index contributed by atoms with van der Waals surface area (Å²) < 4.78 is 0. The van der Waals surface area contributed by atoms with Crippen molar-refractivity contribution >= 4 is 0 Å². The van der Waals surface area contributed by atoms with E-state index in [1.165, 1.54) is 16.7 Å². The van der Waals surface area contributed by atoms with Gasteiger partial charge in [0, 0.05) is 24.4 Å². The average Bonchev–Trinajstić information content (AvgIpc) is 2.72. The van der Waals surface area contributed by atoms with Crippen molar-refractivity contribution in [2.75, 3.05) is 0 Å². The summed E-state index contributed by atoms with van der Waals surface area (Å²) in [5.41, 5.74) is 2.88. The number of hydrogen-bond acceptors (Lipinski definition) is 2. The van der Waals surface area contributed by atoms with Gasteiger partial charge in [0.15, 0.2) is 0 Å². The van der Waals surface area contributed by atoms with Gasteiger partial charge in [0.25, 0.3) is 0 Å². The van der Waals surface area contributed by atoms with Gasteiger partial charge < -0.3 is 10.4 Å². The average molecular weight is 357 g/mol. The number of hydrogen-bond donors (Lipinski definition) is 2. The second-order valence-corrected chi connectivity index (χ2v) is 7.78. The van der Waals surface area contributed by atoms with Gasteiger partial charge in [-0.05, 0) is 23.1 Å². The maximum absolute atomic E-state index is 11.8. The van der Waals surface area contributed by atoms with E-state index < -0.39 is 5.60 Å². The zero-order valence-electron chi connectivity index (χ0n) is 15.8. The summed E-state index contributed by atoms with van der Waals surface area (Å²) in [5, 5.41) is 15.6. The van der Waals surface area contributed by atoms with E-state index in [0.29, 0.717) is 12.8 Å². The molecular formula is C25H27NO. The molecule has 27 heavy (non-hydrogen) atoms. The third-order valence-corrected chi connectivity index (χ3v) is 6.00. The standard InChI is InChI=1S/C25H27NO/c1-19-24(22-15-9-4-10-16-22)26-23(21-13-7-3-8-14-21)18-25(19,27)17-20-11-5-2-6-12-20/h2-16,19,23-24,26-27H,17-18H2,1H3. The Hall–Kier alpha value is -2.42. The lowest BCUT2D eigenvalue weighted by Gasteiger charge is -2.48. The fraction of sp³-hybridized carbons (Fsp3) is 0.280. The van der Waals surface area contributed by atoms with E-state index in [-0.39, 0.29) is 18.0 Å². The topological polar surface area (TPSA) is 32.3 Å². The van der Waals surface area contributed by atoms with Crippen LogP contribution in [0.5, 0.6) is 0 Å². The maximum Gasteiger partial charge on any atom is 0.0749 e. The fourth-order valence-electron chi connectivity index (χ4n) is 4.40. The van der Waals surface area contributed by atoms with Crippen molar-refractivity contribution in [3.05, 3.63) is 108 Å². The van der Waals surface area contributed by atoms with Gasteiger partial charge in [-0.1, -0.05) is 97.9 Å². The monoisotopic (exact) mass is 357 g/mol. The highest BCUT2D eigenvalue weighted by molar-refractivity contribution is 5.28. The molecule has 2 N–H and O–H groups in total. The first-order chi connectivity index (χ1) is 13.2. The molecule has 1 fully saturated rings. The number of aliphatic hydroxyl groups is 1. The number of benzene rings is 3. The Bertz CT molecular complexity index is 849. The third-order valence-electron chi connectivity index (χ3n) is 6.00. The molecule has 3 aromatic rings. The Morgan fingerprint density at radius 2 is 1.33 bits per heavy atom. The van der Waals surface area contributed by atoms with Gasteiger partial charge >= 0.3 is 0 Å². The molecule has 2 nitrogen and oxygen atoms in total. The molecule has 0 amide bonds. The van der Waals surface area contributed by atoms with Crippen molar-refractivity contribution in [1.82, 2.24) is 5.32 Å². The molecule has 4 rings (SSSR count). The molecule has 0 bridgehead atoms. The van der Waals surface area contributed by atoms with E-state index in [4.69, 9.17) is 0 Å². The molecule has 4 unspecified atom stereocenters. The highest BCUT2D eigenvalue weighted by Crippen LogP contribution is 2.44. The van der Waals surface area contributed by atoms with Crippen LogP contribution in [0.15, 0.2) is 91.0 Å². The molecule has 1 heterocycles. The van der Waals surface area contributed by atoms with Crippen LogP contribution in [0.25, 0.3) is 0 Å². The molecule has 0 spiro atoms. The van der Waals surface area contributed by atoms with E-state index in [1.807, 2.05) is 30.3 Å². The molecular weight excluding hydrogens is 330 g/mol. The molecule has 1 aliphatic heterocycles. The lowest BCUT2D eigenvalue weighted by atomic mass is 9.69. The molecule has 3 aromatic carbocycles. The Balaban J connectivity index is 1.70. The minimum absolute atomic E-state index is 0.0973. The zero-order chi connectivity index (χ0) is 18.7. The largest absolute Gasteiger partial charge is 0.389 e. The maximum atomic E-state index is 11.8. The molecule has 4 atom stereocenters. The number of nitrogens with one attached hydrogen (secondary N) is 1. The zero-order valence-corrected chi connectivity index (χ0v) is 15.8. The van der Waals surface area contributed by atoms with Crippen LogP contribution in [0.1, 0.15) is 42.1 Å². The van der Waals surface area contributed by atoms with Crippen LogP contribution in [0.4, 0.5) is 0 Å². The van der Waals surface area contributed by atoms with Crippen molar-refractivity contribution < 1.29 is 5.11 Å². The molecule has 1 aliphatic rings. The molecule has 0 radical (unpaired) electrons. The predicted molar refractivity (Wildman–Crippen MR) is 110 cm³/mol. The van der Waals surface area contributed by atoms with E-state index in [1.54, 1.807) is 0 Å². The lowest BCUT2D eigenvalue weighted by molar-refractivity contribution is -0.0674. The molecule has 1 saturated heterocycles. The molecule has 138 valence electrons. The molecule has 0 aromatic heterocycles. The van der Waals surface area contributed by atoms with Gasteiger partial charge in [-0.25, -0.2) is 0 Å². The molecule has 0 aliphatic carbocycles. The summed E-state index contributed by atoms with van der Waals surface area (Å²) in [6, 6.07) is 31.6. The predicted octanol–water partition coefficient (Wildman–Crippen LogP) is 5.07. The van der Waals surface area contributed by atoms with Crippen LogP contribution >= 0.6 is 0 Å². The summed E-state index contributed by atoms with van der Waals surface area (Å²) in [4.78, 5) is 0. The van der Waals surface area contributed by atoms with Gasteiger partial charge in [0.2, 0.25) is 0 Å². The van der Waals surface area contributed by atoms with E-state index in [0.717, 1.165) is 0 Å². The van der Waals surface area contributed by atoms with Crippen LogP contribution in [0.3, 0.4) is 0 Å². The van der Waals surface area contributed by atoms with Crippen LogP contribution in [-0.2, 0) is 6.42 Å². The van der Waals surface area contributed by atoms with Crippen molar-refractivity contribution in [3.63, 3.8) is 0 Å². The highest BCUT2D eigenvalue weighted by atomic mass is 16.3. The van der Waals surface area contributed by atoms with Crippen LogP contribution in [0, 0.1) is 5.92 Å². The minimum atomic E-state index is -0.770. The SMILES string of the molecule is CC1C(c2ccccc2)NC(c2ccccc2)CC1(O)Cc1ccccc1. The Labute approximate surface area is 161 Å². The first-order valence-electron chi connectivity index (χ1n) is 9.78. The highest BCUT2D eigenvalue weighted by Gasteiger charge is 2.45. The quantitative estimate of drug-likeness (QED) is 0.683. The summed E-state index contributed by atoms with van der Waals surface area (Å²) in [6.45, 7) is 2.18. The summed E-state index contributed by atoms with van der Waals surface area (Å²) >= 11 is 0. The van der Waals surface area contributed by atoms with Crippen LogP contribution in [-0.4, -0.2) is 10.7 Å². The second kappa shape index (κ2) is 7.67. The van der Waals surface area contributed by atoms with Crippen LogP contribution in [0.2, 0.25) is 0 Å². The van der Waals surface area contributed by atoms with Crippen molar-refractivity contribution in [2.24, 2.45) is 5.92 Å². The van der Waals surface area contributed by atoms with Crippen molar-refractivity contribution in [1.29, 1.82) is 0 Å². The fourth-order valence-corrected chi connectivity index (χ4v) is 4.40. The van der Waals surface area contributed by atoms with Gasteiger partial charge in [-0.2, -0.15) is 0 Å². The van der Waals surface area contributed by atoms with E-state index in [9.17, 15) is 5.11 Å². The molecule has 0 saturated carbocycles. The minimum Gasteiger partial charge on any atom is -0.389 e. The van der Waals surface area contributed by atoms with Crippen molar-refractivity contribution in [3.8, 4) is 0 Å². The van der Waals surface area contributed by atoms with Gasteiger partial charge in [0.1, 0.15) is 0 Å². The smallest absolute Gasteiger partial charge is 0.0749 e. The van der Waals surface area contributed by atoms with Gasteiger partial charge in [-0.3, -0.25) is 0 Å². The normalized spacial score (nSPS) is 28.0. The van der Waals surface area contributed by atoms with Gasteiger partial charge in [-0.15, -0.1) is 0 Å². The Kier molecular flexibility index (Phi) is 5.11. The second-order valence-electron chi connectivity index (χ2n) is 7.78. The molecule has 2 heteroatoms. The number of rotatable bonds is 4. The summed E-state index contributed by atoms with van der Waals surface area (Å²) in [7, 11) is 0. The summed E-state index contributed by atoms with van der Waals surface area (Å²) in [6.07, 6.45) is 1.37. The van der Waals surface area contributed by atoms with Gasteiger partial charge in [0.05, 0.1) is 5.60 Å². The third kappa shape index (κ3) is 3.83. The lowest BCUT2D eigenvalue weighted by Crippen LogP contribution is -2.53. The number of piperidine rings is 1. The summed E-state index contributed by atoms with van der Waals surface area (Å²) in [5.74, 6) is 0.0973. The Morgan fingerprint density at radius 3 is 1.93 bits per heavy atom. The first kappa shape index (κ1) is 18.0. The van der Waals surface area contributed by atoms with Crippen molar-refractivity contribution in [2.45, 2.75) is 37.5 Å². The Morgan fingerprint density at radius 1 is 0.815 bits per heavy atom.